The van der Waals surface area contributed by atoms with Crippen LogP contribution in [0.3, 0.4) is 0 Å². The lowest BCUT2D eigenvalue weighted by Crippen LogP contribution is -2.19. The molecule has 2 rings (SSSR count). The van der Waals surface area contributed by atoms with E-state index in [2.05, 4.69) is 15.9 Å². The number of hydrogen-bond donors (Lipinski definition) is 1. The summed E-state index contributed by atoms with van der Waals surface area (Å²) in [7, 11) is -4.59. The molecule has 0 heterocycles. The standard InChI is InChI=1S/C13H8BrF4NO2S/c14-8-5-6-11(10(15)7-8)19-22(20,21)12-4-2-1-3-9(12)13(16,17)18/h1-7,19H. The van der Waals surface area contributed by atoms with E-state index >= 15 is 0 Å². The van der Waals surface area contributed by atoms with Gasteiger partial charge in [0, 0.05) is 4.47 Å². The molecule has 0 atom stereocenters. The van der Waals surface area contributed by atoms with Crippen molar-refractivity contribution in [2.75, 3.05) is 4.72 Å². The number of nitrogens with one attached hydrogen (secondary N) is 1. The SMILES string of the molecule is O=S(=O)(Nc1ccc(Br)cc1F)c1ccccc1C(F)(F)F. The van der Waals surface area contributed by atoms with Crippen LogP contribution in [-0.4, -0.2) is 8.42 Å². The van der Waals surface area contributed by atoms with Gasteiger partial charge in [-0.2, -0.15) is 13.2 Å². The molecule has 2 aromatic carbocycles. The predicted octanol–water partition coefficient (Wildman–Crippen LogP) is 4.41. The molecule has 118 valence electrons. The molecule has 0 aliphatic heterocycles. The topological polar surface area (TPSA) is 46.2 Å². The number of benzene rings is 2. The van der Waals surface area contributed by atoms with Crippen LogP contribution < -0.4 is 4.72 Å². The van der Waals surface area contributed by atoms with Crippen molar-refractivity contribution in [1.82, 2.24) is 0 Å². The second-order valence-corrected chi connectivity index (χ2v) is 6.79. The Balaban J connectivity index is 2.48. The normalized spacial score (nSPS) is 12.2. The Hall–Kier alpha value is -1.61. The number of anilines is 1. The molecule has 0 saturated heterocycles. The Morgan fingerprint density at radius 2 is 1.68 bits per heavy atom. The van der Waals surface area contributed by atoms with Crippen LogP contribution in [-0.2, 0) is 16.2 Å². The second kappa shape index (κ2) is 5.88. The van der Waals surface area contributed by atoms with Crippen molar-refractivity contribution in [3.63, 3.8) is 0 Å². The fraction of sp³-hybridized carbons (Fsp3) is 0.0769. The van der Waals surface area contributed by atoms with Crippen LogP contribution in [0, 0.1) is 5.82 Å². The maximum Gasteiger partial charge on any atom is 0.417 e. The van der Waals surface area contributed by atoms with Gasteiger partial charge in [-0.25, -0.2) is 12.8 Å². The van der Waals surface area contributed by atoms with Crippen molar-refractivity contribution in [3.05, 3.63) is 58.3 Å². The number of rotatable bonds is 3. The first-order chi connectivity index (χ1) is 10.1. The van der Waals surface area contributed by atoms with Crippen molar-refractivity contribution >= 4 is 31.6 Å². The lowest BCUT2D eigenvalue weighted by Gasteiger charge is -2.14. The van der Waals surface area contributed by atoms with Crippen LogP contribution in [0.5, 0.6) is 0 Å². The molecule has 0 fully saturated rings. The number of alkyl halides is 3. The first kappa shape index (κ1) is 16.8. The third-order valence-electron chi connectivity index (χ3n) is 2.66. The Labute approximate surface area is 132 Å². The van der Waals surface area contributed by atoms with Gasteiger partial charge in [-0.1, -0.05) is 28.1 Å². The molecule has 0 saturated carbocycles. The molecule has 0 aromatic heterocycles. The number of sulfonamides is 1. The highest BCUT2D eigenvalue weighted by molar-refractivity contribution is 9.10. The van der Waals surface area contributed by atoms with E-state index in [-0.39, 0.29) is 0 Å². The van der Waals surface area contributed by atoms with Gasteiger partial charge in [0.1, 0.15) is 5.82 Å². The van der Waals surface area contributed by atoms with Gasteiger partial charge in [0.2, 0.25) is 0 Å². The molecule has 1 N–H and O–H groups in total. The zero-order valence-corrected chi connectivity index (χ0v) is 13.1. The van der Waals surface area contributed by atoms with E-state index in [9.17, 15) is 26.0 Å². The second-order valence-electron chi connectivity index (χ2n) is 4.22. The smallest absolute Gasteiger partial charge is 0.277 e. The van der Waals surface area contributed by atoms with Crippen LogP contribution in [0.4, 0.5) is 23.2 Å². The molecular formula is C13H8BrF4NO2S. The summed E-state index contributed by atoms with van der Waals surface area (Å²) in [4.78, 5) is -0.968. The Bertz CT molecular complexity index is 806. The van der Waals surface area contributed by atoms with Gasteiger partial charge in [0.15, 0.2) is 0 Å². The summed E-state index contributed by atoms with van der Waals surface area (Å²) in [6.45, 7) is 0. The maximum absolute atomic E-state index is 13.7. The summed E-state index contributed by atoms with van der Waals surface area (Å²) >= 11 is 2.99. The van der Waals surface area contributed by atoms with Gasteiger partial charge in [0.05, 0.1) is 16.1 Å². The number of hydrogen-bond acceptors (Lipinski definition) is 2. The molecule has 0 aliphatic carbocycles. The van der Waals surface area contributed by atoms with E-state index in [1.165, 1.54) is 6.07 Å². The van der Waals surface area contributed by atoms with Crippen LogP contribution >= 0.6 is 15.9 Å². The van der Waals surface area contributed by atoms with E-state index in [4.69, 9.17) is 0 Å². The Morgan fingerprint density at radius 1 is 1.05 bits per heavy atom. The fourth-order valence-electron chi connectivity index (χ4n) is 1.71. The molecule has 0 spiro atoms. The minimum Gasteiger partial charge on any atom is -0.277 e. The van der Waals surface area contributed by atoms with Crippen molar-refractivity contribution in [1.29, 1.82) is 0 Å². The van der Waals surface area contributed by atoms with Crippen molar-refractivity contribution in [2.45, 2.75) is 11.1 Å². The lowest BCUT2D eigenvalue weighted by molar-refractivity contribution is -0.139. The summed E-state index contributed by atoms with van der Waals surface area (Å²) in [6, 6.07) is 7.13. The Kier molecular flexibility index (Phi) is 4.48. The molecule has 0 radical (unpaired) electrons. The summed E-state index contributed by atoms with van der Waals surface area (Å²) < 4.78 is 78.7. The van der Waals surface area contributed by atoms with Crippen molar-refractivity contribution in [3.8, 4) is 0 Å². The third-order valence-corrected chi connectivity index (χ3v) is 4.57. The van der Waals surface area contributed by atoms with Crippen molar-refractivity contribution in [2.24, 2.45) is 0 Å². The first-order valence-electron chi connectivity index (χ1n) is 5.75. The van der Waals surface area contributed by atoms with Crippen LogP contribution in [0.1, 0.15) is 5.56 Å². The van der Waals surface area contributed by atoms with Crippen LogP contribution in [0.15, 0.2) is 51.8 Å². The van der Waals surface area contributed by atoms with E-state index < -0.39 is 38.2 Å². The summed E-state index contributed by atoms with van der Waals surface area (Å²) in [5.41, 5.74) is -1.76. The molecule has 0 bridgehead atoms. The minimum absolute atomic E-state index is 0.364. The molecule has 0 unspecified atom stereocenters. The predicted molar refractivity (Wildman–Crippen MR) is 76.4 cm³/mol. The molecule has 0 aliphatic rings. The molecular weight excluding hydrogens is 390 g/mol. The molecule has 9 heteroatoms. The highest BCUT2D eigenvalue weighted by Gasteiger charge is 2.37. The van der Waals surface area contributed by atoms with Gasteiger partial charge in [-0.15, -0.1) is 0 Å². The lowest BCUT2D eigenvalue weighted by atomic mass is 10.2. The monoisotopic (exact) mass is 397 g/mol. The molecule has 2 aromatic rings. The highest BCUT2D eigenvalue weighted by Crippen LogP contribution is 2.34. The number of halogens is 5. The van der Waals surface area contributed by atoms with Gasteiger partial charge in [-0.05, 0) is 30.3 Å². The first-order valence-corrected chi connectivity index (χ1v) is 8.03. The van der Waals surface area contributed by atoms with Gasteiger partial charge in [0.25, 0.3) is 10.0 Å². The van der Waals surface area contributed by atoms with E-state index in [1.54, 1.807) is 0 Å². The van der Waals surface area contributed by atoms with Crippen LogP contribution in [0.25, 0.3) is 0 Å². The quantitative estimate of drug-likeness (QED) is 0.779. The molecule has 22 heavy (non-hydrogen) atoms. The van der Waals surface area contributed by atoms with Gasteiger partial charge >= 0.3 is 6.18 Å². The fourth-order valence-corrected chi connectivity index (χ4v) is 3.34. The summed E-state index contributed by atoms with van der Waals surface area (Å²) in [6.07, 6.45) is -4.84. The average molecular weight is 398 g/mol. The Morgan fingerprint density at radius 3 is 2.27 bits per heavy atom. The van der Waals surface area contributed by atoms with Crippen molar-refractivity contribution < 1.29 is 26.0 Å². The summed E-state index contributed by atoms with van der Waals surface area (Å²) in [5.74, 6) is -0.914. The van der Waals surface area contributed by atoms with Gasteiger partial charge in [-0.3, -0.25) is 4.72 Å². The summed E-state index contributed by atoms with van der Waals surface area (Å²) in [5, 5.41) is 0. The largest absolute Gasteiger partial charge is 0.417 e. The zero-order chi connectivity index (χ0) is 16.5. The van der Waals surface area contributed by atoms with Gasteiger partial charge < -0.3 is 0 Å². The molecule has 3 nitrogen and oxygen atoms in total. The molecule has 0 amide bonds. The van der Waals surface area contributed by atoms with E-state index in [0.29, 0.717) is 10.5 Å². The third kappa shape index (κ3) is 3.58. The zero-order valence-electron chi connectivity index (χ0n) is 10.7. The maximum atomic E-state index is 13.7. The highest BCUT2D eigenvalue weighted by atomic mass is 79.9. The van der Waals surface area contributed by atoms with E-state index in [0.717, 1.165) is 30.3 Å². The minimum atomic E-state index is -4.84. The average Bonchev–Trinajstić information content (AvgIpc) is 2.41. The van der Waals surface area contributed by atoms with Crippen LogP contribution in [0.2, 0.25) is 0 Å². The van der Waals surface area contributed by atoms with E-state index in [1.807, 2.05) is 4.72 Å².